The third-order valence-corrected chi connectivity index (χ3v) is 4.22. The first-order chi connectivity index (χ1) is 10.7. The van der Waals surface area contributed by atoms with Gasteiger partial charge in [0.25, 0.3) is 10.0 Å². The first-order valence-corrected chi connectivity index (χ1v) is 7.72. The normalized spacial score (nSPS) is 11.7. The number of phenols is 2. The minimum Gasteiger partial charge on any atom is -0.507 e. The average molecular weight is 336 g/mol. The average Bonchev–Trinajstić information content (AvgIpc) is 2.46. The molecule has 0 amide bonds. The second kappa shape index (κ2) is 6.05. The first-order valence-electron chi connectivity index (χ1n) is 6.28. The summed E-state index contributed by atoms with van der Waals surface area (Å²) in [7, 11) is -4.01. The number of nitrogens with zero attached hydrogens (tertiary/aromatic N) is 2. The molecule has 0 unspecified atom stereocenters. The molecular weight excluding hydrogens is 324 g/mol. The third kappa shape index (κ3) is 3.64. The molecule has 0 spiro atoms. The molecule has 0 radical (unpaired) electrons. The van der Waals surface area contributed by atoms with Gasteiger partial charge in [0.2, 0.25) is 0 Å². The molecule has 0 aromatic heterocycles. The second-order valence-electron chi connectivity index (χ2n) is 4.68. The Morgan fingerprint density at radius 3 is 2.30 bits per heavy atom. The minimum atomic E-state index is -4.01. The summed E-state index contributed by atoms with van der Waals surface area (Å²) in [4.78, 5) is 9.83. The number of nitro groups is 1. The van der Waals surface area contributed by atoms with Crippen LogP contribution in [0, 0.1) is 17.0 Å². The molecule has 0 aliphatic rings. The zero-order chi connectivity index (χ0) is 17.2. The van der Waals surface area contributed by atoms with Crippen LogP contribution < -0.4 is 0 Å². The van der Waals surface area contributed by atoms with E-state index in [1.54, 1.807) is 19.1 Å². The molecule has 120 valence electrons. The van der Waals surface area contributed by atoms with Crippen LogP contribution in [0.15, 0.2) is 45.7 Å². The number of benzene rings is 2. The van der Waals surface area contributed by atoms with Crippen molar-refractivity contribution in [3.8, 4) is 11.5 Å². The van der Waals surface area contributed by atoms with Crippen molar-refractivity contribution < 1.29 is 23.6 Å². The molecule has 0 bridgehead atoms. The van der Waals surface area contributed by atoms with Crippen LogP contribution in [0.2, 0.25) is 0 Å². The maximum Gasteiger partial charge on any atom is 0.311 e. The van der Waals surface area contributed by atoms with Crippen LogP contribution in [0.25, 0.3) is 0 Å². The second-order valence-corrected chi connectivity index (χ2v) is 6.31. The summed E-state index contributed by atoms with van der Waals surface area (Å²) < 4.78 is 27.5. The van der Waals surface area contributed by atoms with Crippen molar-refractivity contribution in [3.05, 3.63) is 57.6 Å². The molecule has 2 rings (SSSR count). The van der Waals surface area contributed by atoms with Crippen molar-refractivity contribution in [1.29, 1.82) is 0 Å². The number of nitro benzene ring substituents is 1. The van der Waals surface area contributed by atoms with Crippen LogP contribution in [-0.2, 0) is 10.0 Å². The number of hydrogen-bond acceptors (Lipinski definition) is 6. The van der Waals surface area contributed by atoms with Gasteiger partial charge in [0.1, 0.15) is 5.75 Å². The van der Waals surface area contributed by atoms with Gasteiger partial charge in [-0.2, -0.15) is 12.8 Å². The summed E-state index contributed by atoms with van der Waals surface area (Å²) in [5, 5.41) is 29.7. The number of phenolic OH excluding ortho intramolecular Hbond substituents is 2. The highest BCUT2D eigenvalue weighted by Crippen LogP contribution is 2.32. The van der Waals surface area contributed by atoms with Crippen molar-refractivity contribution in [2.45, 2.75) is 11.8 Å². The van der Waals surface area contributed by atoms with Crippen LogP contribution in [0.4, 0.5) is 5.69 Å². The van der Waals surface area contributed by atoms with Gasteiger partial charge >= 0.3 is 5.69 Å². The summed E-state index contributed by atoms with van der Waals surface area (Å²) in [5.41, 5.74) is 0.00176. The van der Waals surface area contributed by atoms with E-state index < -0.39 is 32.1 Å². The van der Waals surface area contributed by atoms with Crippen molar-refractivity contribution in [2.24, 2.45) is 4.40 Å². The quantitative estimate of drug-likeness (QED) is 0.499. The highest BCUT2D eigenvalue weighted by molar-refractivity contribution is 7.90. The molecule has 2 aromatic rings. The fraction of sp³-hybridized carbons (Fsp3) is 0.0714. The van der Waals surface area contributed by atoms with E-state index in [9.17, 15) is 28.7 Å². The Kier molecular flexibility index (Phi) is 4.32. The molecule has 0 atom stereocenters. The van der Waals surface area contributed by atoms with Gasteiger partial charge in [0, 0.05) is 17.7 Å². The largest absolute Gasteiger partial charge is 0.507 e. The van der Waals surface area contributed by atoms with E-state index in [0.717, 1.165) is 23.9 Å². The Balaban J connectivity index is 2.41. The molecule has 0 saturated carbocycles. The van der Waals surface area contributed by atoms with Crippen LogP contribution in [-0.4, -0.2) is 29.8 Å². The fourth-order valence-electron chi connectivity index (χ4n) is 1.73. The van der Waals surface area contributed by atoms with Crippen molar-refractivity contribution >= 4 is 21.9 Å². The van der Waals surface area contributed by atoms with Gasteiger partial charge < -0.3 is 10.2 Å². The number of rotatable bonds is 4. The van der Waals surface area contributed by atoms with Gasteiger partial charge in [-0.25, -0.2) is 0 Å². The maximum absolute atomic E-state index is 12.1. The Morgan fingerprint density at radius 2 is 1.74 bits per heavy atom. The SMILES string of the molecule is Cc1ccc(S(=O)(=O)/N=C\c2cc([N+](=O)[O-])c(O)cc2O)cc1. The Hall–Kier alpha value is -2.94. The fourth-order valence-corrected chi connectivity index (χ4v) is 2.58. The van der Waals surface area contributed by atoms with Crippen molar-refractivity contribution in [1.82, 2.24) is 0 Å². The van der Waals surface area contributed by atoms with E-state index in [1.165, 1.54) is 12.1 Å². The summed E-state index contributed by atoms with van der Waals surface area (Å²) in [6, 6.07) is 7.54. The lowest BCUT2D eigenvalue weighted by atomic mass is 10.2. The molecule has 0 saturated heterocycles. The van der Waals surface area contributed by atoms with Gasteiger partial charge in [-0.3, -0.25) is 10.1 Å². The van der Waals surface area contributed by atoms with Gasteiger partial charge in [-0.15, -0.1) is 0 Å². The monoisotopic (exact) mass is 336 g/mol. The predicted octanol–water partition coefficient (Wildman–Crippen LogP) is 2.12. The molecule has 0 fully saturated rings. The standard InChI is InChI=1S/C14H12N2O6S/c1-9-2-4-11(5-3-9)23(21,22)15-8-10-6-12(16(19)20)14(18)7-13(10)17/h2-8,17-18H,1H3/b15-8-. The smallest absolute Gasteiger partial charge is 0.311 e. The molecular formula is C14H12N2O6S. The third-order valence-electron chi connectivity index (χ3n) is 2.97. The molecule has 8 nitrogen and oxygen atoms in total. The summed E-state index contributed by atoms with van der Waals surface area (Å²) >= 11 is 0. The van der Waals surface area contributed by atoms with Gasteiger partial charge in [0.15, 0.2) is 5.75 Å². The topological polar surface area (TPSA) is 130 Å². The number of sulfonamides is 1. The Labute approximate surface area is 131 Å². The van der Waals surface area contributed by atoms with Crippen LogP contribution in [0.3, 0.4) is 0 Å². The molecule has 23 heavy (non-hydrogen) atoms. The first kappa shape index (κ1) is 16.4. The molecule has 2 N–H and O–H groups in total. The van der Waals surface area contributed by atoms with Gasteiger partial charge in [-0.1, -0.05) is 17.7 Å². The lowest BCUT2D eigenvalue weighted by molar-refractivity contribution is -0.385. The van der Waals surface area contributed by atoms with E-state index in [2.05, 4.69) is 4.40 Å². The molecule has 0 aliphatic heterocycles. The highest BCUT2D eigenvalue weighted by Gasteiger charge is 2.17. The number of aryl methyl sites for hydroxylation is 1. The van der Waals surface area contributed by atoms with Crippen molar-refractivity contribution in [3.63, 3.8) is 0 Å². The predicted molar refractivity (Wildman–Crippen MR) is 82.4 cm³/mol. The molecule has 0 heterocycles. The minimum absolute atomic E-state index is 0.0490. The summed E-state index contributed by atoms with van der Waals surface area (Å²) in [5.74, 6) is -1.26. The van der Waals surface area contributed by atoms with Gasteiger partial charge in [0.05, 0.1) is 16.0 Å². The van der Waals surface area contributed by atoms with E-state index >= 15 is 0 Å². The molecule has 2 aromatic carbocycles. The van der Waals surface area contributed by atoms with E-state index in [4.69, 9.17) is 0 Å². The van der Waals surface area contributed by atoms with Crippen LogP contribution >= 0.6 is 0 Å². The highest BCUT2D eigenvalue weighted by atomic mass is 32.2. The summed E-state index contributed by atoms with van der Waals surface area (Å²) in [6.45, 7) is 1.80. The lowest BCUT2D eigenvalue weighted by Gasteiger charge is -2.02. The molecule has 0 aliphatic carbocycles. The summed E-state index contributed by atoms with van der Waals surface area (Å²) in [6.07, 6.45) is 0.789. The zero-order valence-electron chi connectivity index (χ0n) is 11.9. The van der Waals surface area contributed by atoms with E-state index in [0.29, 0.717) is 0 Å². The Morgan fingerprint density at radius 1 is 1.13 bits per heavy atom. The van der Waals surface area contributed by atoms with E-state index in [1.807, 2.05) is 0 Å². The Bertz CT molecular complexity index is 888. The number of hydrogen-bond donors (Lipinski definition) is 2. The zero-order valence-corrected chi connectivity index (χ0v) is 12.7. The lowest BCUT2D eigenvalue weighted by Crippen LogP contribution is -1.98. The van der Waals surface area contributed by atoms with Crippen molar-refractivity contribution in [2.75, 3.05) is 0 Å². The van der Waals surface area contributed by atoms with Crippen LogP contribution in [0.1, 0.15) is 11.1 Å². The molecule has 9 heteroatoms. The number of aromatic hydroxyl groups is 2. The van der Waals surface area contributed by atoms with E-state index in [-0.39, 0.29) is 10.5 Å². The maximum atomic E-state index is 12.1. The van der Waals surface area contributed by atoms with Gasteiger partial charge in [-0.05, 0) is 19.1 Å². The van der Waals surface area contributed by atoms with Crippen LogP contribution in [0.5, 0.6) is 11.5 Å².